The van der Waals surface area contributed by atoms with Crippen molar-refractivity contribution < 1.29 is 0 Å². The van der Waals surface area contributed by atoms with E-state index in [0.717, 1.165) is 39.9 Å². The summed E-state index contributed by atoms with van der Waals surface area (Å²) >= 11 is 0. The fraction of sp³-hybridized carbons (Fsp3) is 1.00. The molecule has 4 saturated carbocycles. The molecule has 0 unspecified atom stereocenters. The van der Waals surface area contributed by atoms with Crippen molar-refractivity contribution in [2.45, 2.75) is 99.3 Å². The van der Waals surface area contributed by atoms with E-state index in [9.17, 15) is 0 Å². The lowest BCUT2D eigenvalue weighted by molar-refractivity contribution is -0.176. The molecule has 4 rings (SSSR count). The largest absolute Gasteiger partial charge is 0.0628 e. The second kappa shape index (κ2) is 5.52. The molecule has 0 N–H and O–H groups in total. The molecule has 0 amide bonds. The summed E-state index contributed by atoms with van der Waals surface area (Å²) in [5.74, 6) is 3.70. The van der Waals surface area contributed by atoms with Gasteiger partial charge in [0.05, 0.1) is 0 Å². The van der Waals surface area contributed by atoms with Crippen molar-refractivity contribution in [2.75, 3.05) is 0 Å². The van der Waals surface area contributed by atoms with Crippen LogP contribution in [0.1, 0.15) is 99.3 Å². The number of hydrogen-bond acceptors (Lipinski definition) is 0. The van der Waals surface area contributed by atoms with Gasteiger partial charge >= 0.3 is 0 Å². The number of hydrogen-bond donors (Lipinski definition) is 0. The molecule has 0 spiro atoms. The van der Waals surface area contributed by atoms with Gasteiger partial charge in [0.1, 0.15) is 0 Å². The number of rotatable bonds is 6. The van der Waals surface area contributed by atoms with Crippen molar-refractivity contribution in [2.24, 2.45) is 39.9 Å². The van der Waals surface area contributed by atoms with Crippen LogP contribution in [0, 0.1) is 39.9 Å². The molecule has 0 aromatic heterocycles. The van der Waals surface area contributed by atoms with Gasteiger partial charge in [0.15, 0.2) is 0 Å². The maximum Gasteiger partial charge on any atom is -0.0282 e. The first-order chi connectivity index (χ1) is 10.2. The molecule has 0 atom stereocenters. The van der Waals surface area contributed by atoms with Gasteiger partial charge in [-0.05, 0) is 97.7 Å². The van der Waals surface area contributed by atoms with Gasteiger partial charge in [-0.25, -0.2) is 0 Å². The third-order valence-corrected chi connectivity index (χ3v) is 6.94. The minimum absolute atomic E-state index is 0.720. The van der Waals surface area contributed by atoms with Crippen LogP contribution in [-0.4, -0.2) is 0 Å². The smallest absolute Gasteiger partial charge is 0.0282 e. The van der Waals surface area contributed by atoms with Crippen molar-refractivity contribution in [1.82, 2.24) is 0 Å². The van der Waals surface area contributed by atoms with E-state index in [4.69, 9.17) is 0 Å². The zero-order valence-corrected chi connectivity index (χ0v) is 16.2. The molecule has 0 aliphatic heterocycles. The van der Waals surface area contributed by atoms with Crippen LogP contribution in [0.4, 0.5) is 0 Å². The minimum atomic E-state index is 0.720. The maximum absolute atomic E-state index is 2.46. The first kappa shape index (κ1) is 16.8. The Hall–Kier alpha value is 0. The highest BCUT2D eigenvalue weighted by Crippen LogP contribution is 2.73. The van der Waals surface area contributed by atoms with Gasteiger partial charge in [0.25, 0.3) is 0 Å². The zero-order valence-electron chi connectivity index (χ0n) is 16.2. The Morgan fingerprint density at radius 2 is 0.864 bits per heavy atom. The van der Waals surface area contributed by atoms with Crippen molar-refractivity contribution in [3.05, 3.63) is 0 Å². The van der Waals surface area contributed by atoms with E-state index >= 15 is 0 Å². The highest BCUT2D eigenvalue weighted by atomic mass is 14.7. The van der Waals surface area contributed by atoms with Crippen molar-refractivity contribution >= 4 is 0 Å². The standard InChI is InChI=1S/C22H40/c1-16(2)7-20-10-19-11-21(13-20,8-17(3)4)15-22(12-19,14-20)9-18(5)6/h16-19H,7-15H2,1-6H3. The Bertz CT molecular complexity index is 320. The van der Waals surface area contributed by atoms with E-state index in [1.165, 1.54) is 19.3 Å². The highest BCUT2D eigenvalue weighted by Gasteiger charge is 2.62. The topological polar surface area (TPSA) is 0 Å². The summed E-state index contributed by atoms with van der Waals surface area (Å²) in [6.07, 6.45) is 14.0. The third kappa shape index (κ3) is 3.13. The fourth-order valence-electron chi connectivity index (χ4n) is 8.34. The SMILES string of the molecule is CC(C)CC12CC3CC(CC(C)C)(C1)CC(CC(C)C)(C3)C2. The molecule has 0 saturated heterocycles. The first-order valence-corrected chi connectivity index (χ1v) is 10.2. The molecule has 4 bridgehead atoms. The fourth-order valence-corrected chi connectivity index (χ4v) is 8.34. The zero-order chi connectivity index (χ0) is 16.2. The van der Waals surface area contributed by atoms with Gasteiger partial charge in [-0.2, -0.15) is 0 Å². The van der Waals surface area contributed by atoms with Crippen molar-refractivity contribution in [3.8, 4) is 0 Å². The van der Waals surface area contributed by atoms with Gasteiger partial charge in [0, 0.05) is 0 Å². The van der Waals surface area contributed by atoms with E-state index in [1.54, 1.807) is 38.5 Å². The molecule has 0 aromatic rings. The van der Waals surface area contributed by atoms with Gasteiger partial charge in [-0.15, -0.1) is 0 Å². The van der Waals surface area contributed by atoms with Gasteiger partial charge in [0.2, 0.25) is 0 Å². The average Bonchev–Trinajstić information content (AvgIpc) is 2.19. The second-order valence-corrected chi connectivity index (χ2v) is 11.3. The Morgan fingerprint density at radius 1 is 0.591 bits per heavy atom. The van der Waals surface area contributed by atoms with Crippen LogP contribution < -0.4 is 0 Å². The van der Waals surface area contributed by atoms with Crippen molar-refractivity contribution in [1.29, 1.82) is 0 Å². The minimum Gasteiger partial charge on any atom is -0.0628 e. The average molecular weight is 305 g/mol. The molecule has 0 radical (unpaired) electrons. The summed E-state index contributed by atoms with van der Waals surface area (Å²) in [6.45, 7) is 14.8. The van der Waals surface area contributed by atoms with E-state index in [0.29, 0.717) is 0 Å². The second-order valence-electron chi connectivity index (χ2n) is 11.3. The quantitative estimate of drug-likeness (QED) is 0.491. The summed E-state index contributed by atoms with van der Waals surface area (Å²) in [5, 5.41) is 0. The monoisotopic (exact) mass is 304 g/mol. The van der Waals surface area contributed by atoms with Crippen LogP contribution in [0.15, 0.2) is 0 Å². The van der Waals surface area contributed by atoms with E-state index < -0.39 is 0 Å². The molecule has 22 heavy (non-hydrogen) atoms. The van der Waals surface area contributed by atoms with Crippen LogP contribution in [0.3, 0.4) is 0 Å². The highest BCUT2D eigenvalue weighted by molar-refractivity contribution is 5.13. The summed E-state index contributed by atoms with van der Waals surface area (Å²) in [4.78, 5) is 0. The van der Waals surface area contributed by atoms with E-state index in [1.807, 2.05) is 0 Å². The van der Waals surface area contributed by atoms with Crippen LogP contribution in [0.5, 0.6) is 0 Å². The summed E-state index contributed by atoms with van der Waals surface area (Å²) in [7, 11) is 0. The molecule has 0 heteroatoms. The molecule has 4 aliphatic carbocycles. The van der Waals surface area contributed by atoms with E-state index in [2.05, 4.69) is 41.5 Å². The Balaban J connectivity index is 1.92. The summed E-state index contributed by atoms with van der Waals surface area (Å²) in [5.41, 5.74) is 2.16. The van der Waals surface area contributed by atoms with Gasteiger partial charge in [-0.3, -0.25) is 0 Å². The Kier molecular flexibility index (Phi) is 4.23. The molecular formula is C22H40. The van der Waals surface area contributed by atoms with Gasteiger partial charge < -0.3 is 0 Å². The van der Waals surface area contributed by atoms with Crippen LogP contribution in [0.2, 0.25) is 0 Å². The molecule has 4 fully saturated rings. The molecule has 0 heterocycles. The lowest BCUT2D eigenvalue weighted by Crippen LogP contribution is -2.57. The normalized spacial score (nSPS) is 43.8. The summed E-state index contributed by atoms with van der Waals surface area (Å²) < 4.78 is 0. The predicted octanol–water partition coefficient (Wildman–Crippen LogP) is 7.08. The molecule has 0 aromatic carbocycles. The Morgan fingerprint density at radius 3 is 1.09 bits per heavy atom. The van der Waals surface area contributed by atoms with Crippen LogP contribution in [-0.2, 0) is 0 Å². The molecule has 4 aliphatic rings. The lowest BCUT2D eigenvalue weighted by Gasteiger charge is -2.68. The van der Waals surface area contributed by atoms with Crippen LogP contribution in [0.25, 0.3) is 0 Å². The molecular weight excluding hydrogens is 264 g/mol. The Labute approximate surface area is 139 Å². The molecule has 0 nitrogen and oxygen atoms in total. The lowest BCUT2D eigenvalue weighted by atomic mass is 9.37. The molecule has 128 valence electrons. The first-order valence-electron chi connectivity index (χ1n) is 10.2. The van der Waals surface area contributed by atoms with Crippen LogP contribution >= 0.6 is 0 Å². The predicted molar refractivity (Wildman–Crippen MR) is 96.9 cm³/mol. The van der Waals surface area contributed by atoms with E-state index in [-0.39, 0.29) is 0 Å². The summed E-state index contributed by atoms with van der Waals surface area (Å²) in [6, 6.07) is 0. The van der Waals surface area contributed by atoms with Gasteiger partial charge in [-0.1, -0.05) is 41.5 Å². The maximum atomic E-state index is 2.46. The third-order valence-electron chi connectivity index (χ3n) is 6.94. The van der Waals surface area contributed by atoms with Crippen molar-refractivity contribution in [3.63, 3.8) is 0 Å².